The van der Waals surface area contributed by atoms with Gasteiger partial charge in [0.2, 0.25) is 0 Å². The highest BCUT2D eigenvalue weighted by Gasteiger charge is 2.19. The lowest BCUT2D eigenvalue weighted by Gasteiger charge is -2.23. The van der Waals surface area contributed by atoms with Gasteiger partial charge < -0.3 is 4.90 Å². The molecule has 0 radical (unpaired) electrons. The summed E-state index contributed by atoms with van der Waals surface area (Å²) in [4.78, 5) is 6.74. The van der Waals surface area contributed by atoms with E-state index in [1.807, 2.05) is 0 Å². The molecule has 0 fully saturated rings. The van der Waals surface area contributed by atoms with Crippen molar-refractivity contribution in [1.82, 2.24) is 4.90 Å². The van der Waals surface area contributed by atoms with Crippen LogP contribution >= 0.6 is 11.9 Å². The monoisotopic (exact) mass is 255 g/mol. The van der Waals surface area contributed by atoms with Crippen molar-refractivity contribution in [1.29, 1.82) is 0 Å². The van der Waals surface area contributed by atoms with Crippen molar-refractivity contribution in [2.24, 2.45) is 22.0 Å². The third kappa shape index (κ3) is 5.23. The SMILES string of the molecule is CC(C)CC1CCN=C(SN)C=C1CN(C)C. The molecule has 1 unspecified atom stereocenters. The van der Waals surface area contributed by atoms with Crippen molar-refractivity contribution in [2.45, 2.75) is 26.7 Å². The smallest absolute Gasteiger partial charge is 0.105 e. The van der Waals surface area contributed by atoms with Crippen molar-refractivity contribution < 1.29 is 0 Å². The van der Waals surface area contributed by atoms with E-state index in [2.05, 4.69) is 43.9 Å². The Bertz CT molecular complexity index is 295. The third-order valence-corrected chi connectivity index (χ3v) is 3.44. The highest BCUT2D eigenvalue weighted by molar-refractivity contribution is 8.12. The van der Waals surface area contributed by atoms with Gasteiger partial charge in [-0.25, -0.2) is 0 Å². The second-order valence-electron chi connectivity index (χ2n) is 5.41. The van der Waals surface area contributed by atoms with Gasteiger partial charge in [0.05, 0.1) is 0 Å². The Hall–Kier alpha value is -0.320. The molecule has 1 atom stereocenters. The van der Waals surface area contributed by atoms with E-state index in [1.165, 1.54) is 23.9 Å². The Morgan fingerprint density at radius 2 is 2.24 bits per heavy atom. The van der Waals surface area contributed by atoms with Crippen molar-refractivity contribution in [3.63, 3.8) is 0 Å². The fraction of sp³-hybridized carbons (Fsp3) is 0.769. The Morgan fingerprint density at radius 1 is 1.53 bits per heavy atom. The molecule has 1 heterocycles. The first-order valence-electron chi connectivity index (χ1n) is 6.29. The summed E-state index contributed by atoms with van der Waals surface area (Å²) in [7, 11) is 4.23. The molecule has 17 heavy (non-hydrogen) atoms. The molecule has 0 saturated carbocycles. The van der Waals surface area contributed by atoms with E-state index >= 15 is 0 Å². The van der Waals surface area contributed by atoms with Gasteiger partial charge in [0.15, 0.2) is 0 Å². The number of nitrogens with zero attached hydrogens (tertiary/aromatic N) is 2. The lowest BCUT2D eigenvalue weighted by atomic mass is 9.87. The maximum absolute atomic E-state index is 5.64. The lowest BCUT2D eigenvalue weighted by molar-refractivity contribution is 0.381. The molecule has 1 rings (SSSR count). The van der Waals surface area contributed by atoms with Crippen LogP contribution in [0.3, 0.4) is 0 Å². The van der Waals surface area contributed by atoms with Crippen LogP contribution in [0.5, 0.6) is 0 Å². The van der Waals surface area contributed by atoms with E-state index in [1.54, 1.807) is 0 Å². The van der Waals surface area contributed by atoms with E-state index in [9.17, 15) is 0 Å². The third-order valence-electron chi connectivity index (χ3n) is 2.95. The molecule has 98 valence electrons. The van der Waals surface area contributed by atoms with Crippen LogP contribution in [0.2, 0.25) is 0 Å². The van der Waals surface area contributed by atoms with Crippen LogP contribution in [0, 0.1) is 11.8 Å². The molecular weight excluding hydrogens is 230 g/mol. The van der Waals surface area contributed by atoms with Gasteiger partial charge in [-0.3, -0.25) is 10.1 Å². The maximum Gasteiger partial charge on any atom is 0.105 e. The second-order valence-corrected chi connectivity index (χ2v) is 6.06. The zero-order valence-electron chi connectivity index (χ0n) is 11.4. The van der Waals surface area contributed by atoms with Gasteiger partial charge in [-0.05, 0) is 56.8 Å². The molecular formula is C13H25N3S. The van der Waals surface area contributed by atoms with Gasteiger partial charge in [0.1, 0.15) is 5.04 Å². The van der Waals surface area contributed by atoms with Crippen molar-refractivity contribution >= 4 is 17.0 Å². The molecule has 0 saturated heterocycles. The quantitative estimate of drug-likeness (QED) is 0.785. The first-order chi connectivity index (χ1) is 8.02. The standard InChI is InChI=1S/C13H25N3S/c1-10(2)7-11-5-6-15-13(17-14)8-12(11)9-16(3)4/h8,10-11H,5-7,9,14H2,1-4H3. The highest BCUT2D eigenvalue weighted by atomic mass is 32.2. The van der Waals surface area contributed by atoms with E-state index in [-0.39, 0.29) is 0 Å². The van der Waals surface area contributed by atoms with E-state index < -0.39 is 0 Å². The molecule has 0 aromatic heterocycles. The summed E-state index contributed by atoms with van der Waals surface area (Å²) in [6.45, 7) is 6.50. The van der Waals surface area contributed by atoms with E-state index in [0.717, 1.165) is 30.5 Å². The van der Waals surface area contributed by atoms with Crippen LogP contribution in [-0.4, -0.2) is 37.1 Å². The average molecular weight is 255 g/mol. The Labute approximate surface area is 110 Å². The summed E-state index contributed by atoms with van der Waals surface area (Å²) >= 11 is 1.27. The summed E-state index contributed by atoms with van der Waals surface area (Å²) in [5, 5.41) is 6.62. The number of nitrogens with two attached hydrogens (primary N) is 1. The minimum absolute atomic E-state index is 0.658. The Morgan fingerprint density at radius 3 is 2.76 bits per heavy atom. The largest absolute Gasteiger partial charge is 0.305 e. The van der Waals surface area contributed by atoms with Crippen molar-refractivity contribution in [3.8, 4) is 0 Å². The zero-order valence-corrected chi connectivity index (χ0v) is 12.3. The Balaban J connectivity index is 2.82. The molecule has 0 aromatic rings. The van der Waals surface area contributed by atoms with Crippen molar-refractivity contribution in [2.75, 3.05) is 27.2 Å². The van der Waals surface area contributed by atoms with Gasteiger partial charge in [0.25, 0.3) is 0 Å². The van der Waals surface area contributed by atoms with Gasteiger partial charge in [0, 0.05) is 13.1 Å². The minimum atomic E-state index is 0.658. The molecule has 0 aliphatic carbocycles. The molecule has 0 spiro atoms. The zero-order chi connectivity index (χ0) is 12.8. The number of hydrogen-bond acceptors (Lipinski definition) is 4. The summed E-state index contributed by atoms with van der Waals surface area (Å²) in [6.07, 6.45) is 4.60. The van der Waals surface area contributed by atoms with E-state index in [4.69, 9.17) is 5.14 Å². The normalized spacial score (nSPS) is 21.5. The molecule has 0 amide bonds. The molecule has 0 bridgehead atoms. The number of rotatable bonds is 4. The first-order valence-corrected chi connectivity index (χ1v) is 7.17. The number of likely N-dealkylation sites (N-methyl/N-ethyl adjacent to an activating group) is 1. The fourth-order valence-electron chi connectivity index (χ4n) is 2.29. The summed E-state index contributed by atoms with van der Waals surface area (Å²) in [5.41, 5.74) is 1.48. The van der Waals surface area contributed by atoms with E-state index in [0.29, 0.717) is 5.92 Å². The summed E-state index contributed by atoms with van der Waals surface area (Å²) < 4.78 is 0. The second kappa shape index (κ2) is 7.19. The van der Waals surface area contributed by atoms with Crippen LogP contribution in [0.1, 0.15) is 26.7 Å². The van der Waals surface area contributed by atoms with Crippen molar-refractivity contribution in [3.05, 3.63) is 11.6 Å². The summed E-state index contributed by atoms with van der Waals surface area (Å²) in [5.74, 6) is 1.39. The van der Waals surface area contributed by atoms with Crippen LogP contribution < -0.4 is 5.14 Å². The van der Waals surface area contributed by atoms with Gasteiger partial charge >= 0.3 is 0 Å². The number of hydrogen-bond donors (Lipinski definition) is 1. The average Bonchev–Trinajstić information content (AvgIpc) is 2.40. The Kier molecular flexibility index (Phi) is 6.23. The fourth-order valence-corrected chi connectivity index (χ4v) is 2.67. The first kappa shape index (κ1) is 14.7. The lowest BCUT2D eigenvalue weighted by Crippen LogP contribution is -2.21. The van der Waals surface area contributed by atoms with Crippen LogP contribution in [0.25, 0.3) is 0 Å². The maximum atomic E-state index is 5.64. The number of aliphatic imine (C=N–C) groups is 1. The van der Waals surface area contributed by atoms with Gasteiger partial charge in [-0.15, -0.1) is 0 Å². The predicted octanol–water partition coefficient (Wildman–Crippen LogP) is 2.55. The molecule has 0 aromatic carbocycles. The van der Waals surface area contributed by atoms with Gasteiger partial charge in [-0.1, -0.05) is 19.4 Å². The van der Waals surface area contributed by atoms with Crippen LogP contribution in [0.4, 0.5) is 0 Å². The molecule has 3 nitrogen and oxygen atoms in total. The predicted molar refractivity (Wildman–Crippen MR) is 78.3 cm³/mol. The molecule has 1 aliphatic heterocycles. The van der Waals surface area contributed by atoms with Crippen LogP contribution in [-0.2, 0) is 0 Å². The highest BCUT2D eigenvalue weighted by Crippen LogP contribution is 2.27. The molecule has 2 N–H and O–H groups in total. The summed E-state index contributed by atoms with van der Waals surface area (Å²) in [6, 6.07) is 0. The topological polar surface area (TPSA) is 41.6 Å². The van der Waals surface area contributed by atoms with Gasteiger partial charge in [-0.2, -0.15) is 0 Å². The minimum Gasteiger partial charge on any atom is -0.305 e. The van der Waals surface area contributed by atoms with Crippen LogP contribution in [0.15, 0.2) is 16.6 Å². The molecule has 1 aliphatic rings. The molecule has 4 heteroatoms.